The molecule has 0 spiro atoms. The van der Waals surface area contributed by atoms with E-state index in [1.54, 1.807) is 12.0 Å². The number of nitrogens with zero attached hydrogens (tertiary/aromatic N) is 1. The maximum Gasteiger partial charge on any atom is 0.253 e. The zero-order valence-corrected chi connectivity index (χ0v) is 17.4. The summed E-state index contributed by atoms with van der Waals surface area (Å²) in [5, 5.41) is 2.91. The molecule has 2 aromatic rings. The van der Waals surface area contributed by atoms with Crippen molar-refractivity contribution in [1.29, 1.82) is 0 Å². The Hall–Kier alpha value is -2.86. The molecule has 1 heterocycles. The van der Waals surface area contributed by atoms with Gasteiger partial charge < -0.3 is 19.7 Å². The second kappa shape index (κ2) is 8.66. The highest BCUT2D eigenvalue weighted by Crippen LogP contribution is 2.24. The van der Waals surface area contributed by atoms with Gasteiger partial charge in [0.05, 0.1) is 19.8 Å². The second-order valence-corrected chi connectivity index (χ2v) is 8.18. The van der Waals surface area contributed by atoms with E-state index in [2.05, 4.69) is 26.1 Å². The Kier molecular flexibility index (Phi) is 6.23. The minimum Gasteiger partial charge on any atom is -0.497 e. The van der Waals surface area contributed by atoms with Crippen LogP contribution in [0.4, 0.5) is 5.69 Å². The molecule has 6 heteroatoms. The molecule has 1 atom stereocenters. The van der Waals surface area contributed by atoms with Gasteiger partial charge in [0.25, 0.3) is 11.8 Å². The Bertz CT molecular complexity index is 871. The molecule has 0 radical (unpaired) electrons. The fourth-order valence-electron chi connectivity index (χ4n) is 3.21. The maximum absolute atomic E-state index is 12.5. The summed E-state index contributed by atoms with van der Waals surface area (Å²) < 4.78 is 10.9. The molecule has 1 fully saturated rings. The average molecular weight is 396 g/mol. The summed E-state index contributed by atoms with van der Waals surface area (Å²) in [6, 6.07) is 15.0. The van der Waals surface area contributed by atoms with Gasteiger partial charge in [-0.2, -0.15) is 0 Å². The lowest BCUT2D eigenvalue weighted by Gasteiger charge is -2.33. The first-order valence-corrected chi connectivity index (χ1v) is 9.72. The number of nitrogens with one attached hydrogen (secondary N) is 1. The van der Waals surface area contributed by atoms with Crippen LogP contribution < -0.4 is 15.0 Å². The number of carbonyl (C=O) groups is 2. The predicted octanol–water partition coefficient (Wildman–Crippen LogP) is 3.15. The minimum atomic E-state index is -0.281. The SMILES string of the molecule is COc1cccc(N2CC(CNC(=O)c3ccc(C(C)(C)C)cc3)OCC2=O)c1. The van der Waals surface area contributed by atoms with Crippen molar-refractivity contribution in [3.8, 4) is 5.75 Å². The largest absolute Gasteiger partial charge is 0.497 e. The van der Waals surface area contributed by atoms with Crippen molar-refractivity contribution < 1.29 is 19.1 Å². The smallest absolute Gasteiger partial charge is 0.253 e. The van der Waals surface area contributed by atoms with Crippen molar-refractivity contribution in [3.63, 3.8) is 0 Å². The van der Waals surface area contributed by atoms with Crippen molar-refractivity contribution >= 4 is 17.5 Å². The van der Waals surface area contributed by atoms with Gasteiger partial charge in [-0.25, -0.2) is 0 Å². The summed E-state index contributed by atoms with van der Waals surface area (Å²) in [6.07, 6.45) is -0.281. The van der Waals surface area contributed by atoms with Gasteiger partial charge in [0, 0.05) is 23.9 Å². The van der Waals surface area contributed by atoms with Crippen LogP contribution in [0.5, 0.6) is 5.75 Å². The van der Waals surface area contributed by atoms with Crippen molar-refractivity contribution in [1.82, 2.24) is 5.32 Å². The average Bonchev–Trinajstić information content (AvgIpc) is 2.72. The van der Waals surface area contributed by atoms with Crippen molar-refractivity contribution in [2.24, 2.45) is 0 Å². The molecular formula is C23H28N2O4. The Balaban J connectivity index is 1.60. The van der Waals surface area contributed by atoms with E-state index in [9.17, 15) is 9.59 Å². The number of rotatable bonds is 5. The molecule has 154 valence electrons. The van der Waals surface area contributed by atoms with Crippen LogP contribution >= 0.6 is 0 Å². The molecule has 3 rings (SSSR count). The first-order valence-electron chi connectivity index (χ1n) is 9.72. The topological polar surface area (TPSA) is 67.9 Å². The number of anilines is 1. The van der Waals surface area contributed by atoms with Crippen LogP contribution in [-0.4, -0.2) is 44.7 Å². The summed E-state index contributed by atoms with van der Waals surface area (Å²) in [5.74, 6) is 0.419. The zero-order valence-electron chi connectivity index (χ0n) is 17.4. The molecule has 0 bridgehead atoms. The van der Waals surface area contributed by atoms with E-state index in [1.807, 2.05) is 48.5 Å². The lowest BCUT2D eigenvalue weighted by Crippen LogP contribution is -2.50. The van der Waals surface area contributed by atoms with E-state index in [-0.39, 0.29) is 29.9 Å². The number of methoxy groups -OCH3 is 1. The number of hydrogen-bond donors (Lipinski definition) is 1. The fraction of sp³-hybridized carbons (Fsp3) is 0.391. The van der Waals surface area contributed by atoms with E-state index in [0.29, 0.717) is 24.4 Å². The Morgan fingerprint density at radius 3 is 2.59 bits per heavy atom. The number of benzene rings is 2. The van der Waals surface area contributed by atoms with E-state index in [1.165, 1.54) is 5.56 Å². The number of morpholine rings is 1. The van der Waals surface area contributed by atoms with Crippen LogP contribution in [0, 0.1) is 0 Å². The molecule has 0 aliphatic carbocycles. The molecule has 0 aromatic heterocycles. The summed E-state index contributed by atoms with van der Waals surface area (Å²) in [4.78, 5) is 26.4. The summed E-state index contributed by atoms with van der Waals surface area (Å²) in [5.41, 5.74) is 2.58. The molecule has 1 N–H and O–H groups in total. The third-order valence-corrected chi connectivity index (χ3v) is 5.00. The van der Waals surface area contributed by atoms with E-state index >= 15 is 0 Å². The fourth-order valence-corrected chi connectivity index (χ4v) is 3.21. The highest BCUT2D eigenvalue weighted by Gasteiger charge is 2.28. The minimum absolute atomic E-state index is 0.0158. The van der Waals surface area contributed by atoms with Gasteiger partial charge in [-0.3, -0.25) is 9.59 Å². The Labute approximate surface area is 171 Å². The molecule has 29 heavy (non-hydrogen) atoms. The first kappa shape index (κ1) is 20.9. The quantitative estimate of drug-likeness (QED) is 0.843. The lowest BCUT2D eigenvalue weighted by atomic mass is 9.87. The molecule has 2 amide bonds. The van der Waals surface area contributed by atoms with Crippen molar-refractivity contribution in [2.75, 3.05) is 31.7 Å². The van der Waals surface area contributed by atoms with Crippen LogP contribution in [0.25, 0.3) is 0 Å². The molecule has 1 aliphatic rings. The predicted molar refractivity (Wildman–Crippen MR) is 113 cm³/mol. The van der Waals surface area contributed by atoms with E-state index < -0.39 is 0 Å². The van der Waals surface area contributed by atoms with Crippen molar-refractivity contribution in [3.05, 3.63) is 59.7 Å². The molecule has 6 nitrogen and oxygen atoms in total. The van der Waals surface area contributed by atoms with Crippen LogP contribution in [0.3, 0.4) is 0 Å². The summed E-state index contributed by atoms with van der Waals surface area (Å²) in [6.45, 7) is 7.09. The lowest BCUT2D eigenvalue weighted by molar-refractivity contribution is -0.129. The van der Waals surface area contributed by atoms with Gasteiger partial charge >= 0.3 is 0 Å². The molecular weight excluding hydrogens is 368 g/mol. The summed E-state index contributed by atoms with van der Waals surface area (Å²) in [7, 11) is 1.59. The van der Waals surface area contributed by atoms with Gasteiger partial charge in [-0.1, -0.05) is 39.0 Å². The number of carbonyl (C=O) groups excluding carboxylic acids is 2. The highest BCUT2D eigenvalue weighted by molar-refractivity contribution is 5.95. The van der Waals surface area contributed by atoms with Gasteiger partial charge in [-0.05, 0) is 35.2 Å². The third kappa shape index (κ3) is 5.15. The van der Waals surface area contributed by atoms with Crippen LogP contribution in [0.15, 0.2) is 48.5 Å². The normalized spacial score (nSPS) is 17.2. The zero-order chi connectivity index (χ0) is 21.0. The standard InChI is InChI=1S/C23H28N2O4/c1-23(2,3)17-10-8-16(9-11-17)22(27)24-13-20-14-25(21(26)15-29-20)18-6-5-7-19(12-18)28-4/h5-12,20H,13-15H2,1-4H3,(H,24,27). The molecule has 1 aliphatic heterocycles. The van der Waals surface area contributed by atoms with E-state index in [4.69, 9.17) is 9.47 Å². The number of ether oxygens (including phenoxy) is 2. The van der Waals surface area contributed by atoms with Gasteiger partial charge in [-0.15, -0.1) is 0 Å². The highest BCUT2D eigenvalue weighted by atomic mass is 16.5. The first-order chi connectivity index (χ1) is 13.8. The molecule has 0 saturated carbocycles. The summed E-state index contributed by atoms with van der Waals surface area (Å²) >= 11 is 0. The van der Waals surface area contributed by atoms with Gasteiger partial charge in [0.15, 0.2) is 0 Å². The number of hydrogen-bond acceptors (Lipinski definition) is 4. The third-order valence-electron chi connectivity index (χ3n) is 5.00. The van der Waals surface area contributed by atoms with Gasteiger partial charge in [0.1, 0.15) is 12.4 Å². The second-order valence-electron chi connectivity index (χ2n) is 8.18. The molecule has 1 unspecified atom stereocenters. The molecule has 1 saturated heterocycles. The Morgan fingerprint density at radius 1 is 1.21 bits per heavy atom. The van der Waals surface area contributed by atoms with Crippen LogP contribution in [0.2, 0.25) is 0 Å². The number of amides is 2. The van der Waals surface area contributed by atoms with E-state index in [0.717, 1.165) is 5.69 Å². The molecule has 2 aromatic carbocycles. The van der Waals surface area contributed by atoms with Crippen LogP contribution in [-0.2, 0) is 14.9 Å². The Morgan fingerprint density at radius 2 is 1.93 bits per heavy atom. The van der Waals surface area contributed by atoms with Crippen LogP contribution in [0.1, 0.15) is 36.7 Å². The van der Waals surface area contributed by atoms with Crippen molar-refractivity contribution in [2.45, 2.75) is 32.3 Å². The van der Waals surface area contributed by atoms with Gasteiger partial charge in [0.2, 0.25) is 0 Å². The maximum atomic E-state index is 12.5. The monoisotopic (exact) mass is 396 g/mol.